The summed E-state index contributed by atoms with van der Waals surface area (Å²) in [5, 5.41) is 13.0. The van der Waals surface area contributed by atoms with Gasteiger partial charge in [0.1, 0.15) is 0 Å². The SMILES string of the molecule is O/N=C1\CCCCCC[C@@H]1Sc1ccccc1. The first kappa shape index (κ1) is 12.5. The van der Waals surface area contributed by atoms with Gasteiger partial charge in [-0.15, -0.1) is 11.8 Å². The zero-order valence-electron chi connectivity index (χ0n) is 10.0. The summed E-state index contributed by atoms with van der Waals surface area (Å²) >= 11 is 1.83. The third-order valence-electron chi connectivity index (χ3n) is 3.17. The van der Waals surface area contributed by atoms with E-state index < -0.39 is 0 Å². The van der Waals surface area contributed by atoms with Crippen molar-refractivity contribution >= 4 is 17.5 Å². The second-order valence-electron chi connectivity index (χ2n) is 4.46. The molecule has 0 aliphatic heterocycles. The van der Waals surface area contributed by atoms with Crippen LogP contribution in [0.2, 0.25) is 0 Å². The average Bonchev–Trinajstić information content (AvgIpc) is 2.34. The molecule has 2 nitrogen and oxygen atoms in total. The van der Waals surface area contributed by atoms with Crippen molar-refractivity contribution in [3.05, 3.63) is 30.3 Å². The molecule has 1 atom stereocenters. The molecule has 1 aromatic rings. The van der Waals surface area contributed by atoms with Crippen LogP contribution in [0.5, 0.6) is 0 Å². The van der Waals surface area contributed by atoms with Gasteiger partial charge >= 0.3 is 0 Å². The molecule has 1 saturated carbocycles. The summed E-state index contributed by atoms with van der Waals surface area (Å²) < 4.78 is 0. The third-order valence-corrected chi connectivity index (χ3v) is 4.51. The molecule has 17 heavy (non-hydrogen) atoms. The molecule has 92 valence electrons. The highest BCUT2D eigenvalue weighted by Gasteiger charge is 2.19. The van der Waals surface area contributed by atoms with Crippen LogP contribution in [0, 0.1) is 0 Å². The minimum Gasteiger partial charge on any atom is -0.411 e. The summed E-state index contributed by atoms with van der Waals surface area (Å²) in [5.41, 5.74) is 0.971. The van der Waals surface area contributed by atoms with Crippen LogP contribution in [0.3, 0.4) is 0 Å². The summed E-state index contributed by atoms with van der Waals surface area (Å²) in [6, 6.07) is 10.4. The van der Waals surface area contributed by atoms with E-state index in [1.165, 1.54) is 24.2 Å². The first-order valence-electron chi connectivity index (χ1n) is 6.32. The maximum atomic E-state index is 9.13. The summed E-state index contributed by atoms with van der Waals surface area (Å²) in [5.74, 6) is 0. The quantitative estimate of drug-likeness (QED) is 0.625. The van der Waals surface area contributed by atoms with Gasteiger partial charge in [0.15, 0.2) is 0 Å². The molecule has 2 rings (SSSR count). The Kier molecular flexibility index (Phi) is 4.92. The number of hydrogen-bond donors (Lipinski definition) is 1. The van der Waals surface area contributed by atoms with Crippen LogP contribution >= 0.6 is 11.8 Å². The molecule has 0 spiro atoms. The minimum absolute atomic E-state index is 0.350. The van der Waals surface area contributed by atoms with Crippen molar-refractivity contribution in [2.75, 3.05) is 0 Å². The monoisotopic (exact) mass is 249 g/mol. The minimum atomic E-state index is 0.350. The van der Waals surface area contributed by atoms with Gasteiger partial charge in [0.05, 0.1) is 11.0 Å². The van der Waals surface area contributed by atoms with E-state index >= 15 is 0 Å². The lowest BCUT2D eigenvalue weighted by molar-refractivity contribution is 0.315. The van der Waals surface area contributed by atoms with Gasteiger partial charge < -0.3 is 5.21 Å². The van der Waals surface area contributed by atoms with Gasteiger partial charge in [-0.1, -0.05) is 42.6 Å². The van der Waals surface area contributed by atoms with Crippen molar-refractivity contribution in [3.8, 4) is 0 Å². The van der Waals surface area contributed by atoms with Gasteiger partial charge in [0, 0.05) is 4.90 Å². The zero-order chi connectivity index (χ0) is 11.9. The van der Waals surface area contributed by atoms with Gasteiger partial charge in [-0.2, -0.15) is 0 Å². The van der Waals surface area contributed by atoms with Crippen LogP contribution in [0.1, 0.15) is 38.5 Å². The molecule has 0 bridgehead atoms. The Hall–Kier alpha value is -0.960. The number of oxime groups is 1. The Balaban J connectivity index is 2.05. The number of rotatable bonds is 2. The molecule has 1 aliphatic carbocycles. The normalized spacial score (nSPS) is 24.2. The third kappa shape index (κ3) is 3.77. The molecular weight excluding hydrogens is 230 g/mol. The fourth-order valence-corrected chi connectivity index (χ4v) is 3.45. The predicted octanol–water partition coefficient (Wildman–Crippen LogP) is 4.33. The molecule has 1 fully saturated rings. The number of benzene rings is 1. The highest BCUT2D eigenvalue weighted by molar-refractivity contribution is 8.00. The largest absolute Gasteiger partial charge is 0.411 e. The smallest absolute Gasteiger partial charge is 0.0704 e. The van der Waals surface area contributed by atoms with E-state index in [0.717, 1.165) is 25.0 Å². The van der Waals surface area contributed by atoms with E-state index in [1.54, 1.807) is 0 Å². The maximum absolute atomic E-state index is 9.13. The van der Waals surface area contributed by atoms with Crippen LogP contribution in [0.4, 0.5) is 0 Å². The molecule has 0 radical (unpaired) electrons. The molecule has 0 heterocycles. The van der Waals surface area contributed by atoms with Crippen LogP contribution in [-0.2, 0) is 0 Å². The highest BCUT2D eigenvalue weighted by atomic mass is 32.2. The summed E-state index contributed by atoms with van der Waals surface area (Å²) in [6.07, 6.45) is 7.04. The van der Waals surface area contributed by atoms with Crippen molar-refractivity contribution in [1.29, 1.82) is 0 Å². The fraction of sp³-hybridized carbons (Fsp3) is 0.500. The van der Waals surface area contributed by atoms with Crippen molar-refractivity contribution in [2.24, 2.45) is 5.16 Å². The van der Waals surface area contributed by atoms with Crippen LogP contribution in [0.25, 0.3) is 0 Å². The molecule has 0 amide bonds. The van der Waals surface area contributed by atoms with Crippen LogP contribution < -0.4 is 0 Å². The first-order valence-corrected chi connectivity index (χ1v) is 7.20. The van der Waals surface area contributed by atoms with Crippen molar-refractivity contribution < 1.29 is 5.21 Å². The summed E-state index contributed by atoms with van der Waals surface area (Å²) in [7, 11) is 0. The second-order valence-corrected chi connectivity index (χ2v) is 5.74. The van der Waals surface area contributed by atoms with E-state index in [4.69, 9.17) is 5.21 Å². The van der Waals surface area contributed by atoms with E-state index in [-0.39, 0.29) is 0 Å². The molecule has 1 aliphatic rings. The highest BCUT2D eigenvalue weighted by Crippen LogP contribution is 2.30. The average molecular weight is 249 g/mol. The molecule has 3 heteroatoms. The van der Waals surface area contributed by atoms with Gasteiger partial charge in [-0.25, -0.2) is 0 Å². The van der Waals surface area contributed by atoms with E-state index in [2.05, 4.69) is 29.4 Å². The molecule has 1 N–H and O–H groups in total. The summed E-state index contributed by atoms with van der Waals surface area (Å²) in [4.78, 5) is 1.26. The predicted molar refractivity (Wildman–Crippen MR) is 73.0 cm³/mol. The van der Waals surface area contributed by atoms with Gasteiger partial charge in [0.25, 0.3) is 0 Å². The van der Waals surface area contributed by atoms with Crippen LogP contribution in [0.15, 0.2) is 40.4 Å². The van der Waals surface area contributed by atoms with E-state index in [0.29, 0.717) is 5.25 Å². The number of thioether (sulfide) groups is 1. The van der Waals surface area contributed by atoms with Gasteiger partial charge in [-0.05, 0) is 31.4 Å². The lowest BCUT2D eigenvalue weighted by Gasteiger charge is -2.20. The standard InChI is InChI=1S/C14H19NOS/c16-15-13-10-6-1-2-7-11-14(13)17-12-8-4-3-5-9-12/h3-5,8-9,14,16H,1-2,6-7,10-11H2/b15-13+/t14-/m0/s1. The fourth-order valence-electron chi connectivity index (χ4n) is 2.22. The Morgan fingerprint density at radius 3 is 2.59 bits per heavy atom. The summed E-state index contributed by atoms with van der Waals surface area (Å²) in [6.45, 7) is 0. The number of nitrogens with zero attached hydrogens (tertiary/aromatic N) is 1. The lowest BCUT2D eigenvalue weighted by Crippen LogP contribution is -2.19. The van der Waals surface area contributed by atoms with Gasteiger partial charge in [-0.3, -0.25) is 0 Å². The maximum Gasteiger partial charge on any atom is 0.0704 e. The van der Waals surface area contributed by atoms with E-state index in [1.807, 2.05) is 17.8 Å². The van der Waals surface area contributed by atoms with Crippen molar-refractivity contribution in [2.45, 2.75) is 48.7 Å². The van der Waals surface area contributed by atoms with E-state index in [9.17, 15) is 0 Å². The van der Waals surface area contributed by atoms with Crippen molar-refractivity contribution in [3.63, 3.8) is 0 Å². The second kappa shape index (κ2) is 6.70. The number of hydrogen-bond acceptors (Lipinski definition) is 3. The molecule has 1 aromatic carbocycles. The Morgan fingerprint density at radius 2 is 1.82 bits per heavy atom. The van der Waals surface area contributed by atoms with Crippen molar-refractivity contribution in [1.82, 2.24) is 0 Å². The Bertz CT molecular complexity index is 364. The Labute approximate surface area is 107 Å². The lowest BCUT2D eigenvalue weighted by atomic mass is 9.99. The molecular formula is C14H19NOS. The van der Waals surface area contributed by atoms with Crippen LogP contribution in [-0.4, -0.2) is 16.2 Å². The molecule has 0 unspecified atom stereocenters. The first-order chi connectivity index (χ1) is 8.40. The molecule has 0 aromatic heterocycles. The Morgan fingerprint density at radius 1 is 1.06 bits per heavy atom. The topological polar surface area (TPSA) is 32.6 Å². The molecule has 0 saturated heterocycles. The zero-order valence-corrected chi connectivity index (χ0v) is 10.8. The van der Waals surface area contributed by atoms with Gasteiger partial charge in [0.2, 0.25) is 0 Å².